The van der Waals surface area contributed by atoms with E-state index in [1.807, 2.05) is 26.0 Å². The van der Waals surface area contributed by atoms with Gasteiger partial charge in [-0.05, 0) is 44.0 Å². The summed E-state index contributed by atoms with van der Waals surface area (Å²) in [6.45, 7) is 6.17. The van der Waals surface area contributed by atoms with Gasteiger partial charge in [0.15, 0.2) is 0 Å². The van der Waals surface area contributed by atoms with Crippen LogP contribution in [0.15, 0.2) is 18.2 Å². The Bertz CT molecular complexity index is 277. The highest BCUT2D eigenvalue weighted by atomic mass is 16.6. The smallest absolute Gasteiger partial charge is 0.147 e. The molecule has 0 spiro atoms. The molecule has 1 aromatic rings. The van der Waals surface area contributed by atoms with E-state index in [0.29, 0.717) is 6.54 Å². The van der Waals surface area contributed by atoms with Crippen molar-refractivity contribution in [1.29, 1.82) is 0 Å². The zero-order chi connectivity index (χ0) is 10.6. The molecule has 3 nitrogen and oxygen atoms in total. The predicted octanol–water partition coefficient (Wildman–Crippen LogP) is 1.57. The summed E-state index contributed by atoms with van der Waals surface area (Å²) in [7, 11) is 0. The minimum atomic E-state index is -0.402. The molecule has 1 atom stereocenters. The maximum absolute atomic E-state index is 9.00. The summed E-state index contributed by atoms with van der Waals surface area (Å²) in [6.07, 6.45) is -0.402. The van der Waals surface area contributed by atoms with Crippen molar-refractivity contribution in [3.63, 3.8) is 0 Å². The number of hydrogen-bond donors (Lipinski definition) is 2. The molecule has 0 saturated carbocycles. The van der Waals surface area contributed by atoms with E-state index in [1.54, 1.807) is 6.92 Å². The Labute approximate surface area is 84.7 Å². The second-order valence-electron chi connectivity index (χ2n) is 3.62. The van der Waals surface area contributed by atoms with Crippen molar-refractivity contribution in [2.24, 2.45) is 0 Å². The highest BCUT2D eigenvalue weighted by molar-refractivity contribution is 5.32. The lowest BCUT2D eigenvalue weighted by Gasteiger charge is -2.09. The summed E-state index contributed by atoms with van der Waals surface area (Å²) in [5, 5.41) is 9.00. The maximum Gasteiger partial charge on any atom is 0.147 e. The predicted molar refractivity (Wildman–Crippen MR) is 56.2 cm³/mol. The molecular weight excluding hydrogens is 178 g/mol. The Balaban J connectivity index is 2.50. The first kappa shape index (κ1) is 11.0. The minimum absolute atomic E-state index is 0.402. The molecule has 0 saturated heterocycles. The summed E-state index contributed by atoms with van der Waals surface area (Å²) in [6, 6.07) is 5.98. The Morgan fingerprint density at radius 1 is 1.29 bits per heavy atom. The number of aliphatic hydroxyl groups is 1. The number of aryl methyl sites for hydroxylation is 2. The number of rotatable bonds is 4. The van der Waals surface area contributed by atoms with Crippen LogP contribution in [0.4, 0.5) is 0 Å². The number of benzene rings is 1. The van der Waals surface area contributed by atoms with E-state index in [0.717, 1.165) is 5.75 Å². The van der Waals surface area contributed by atoms with E-state index >= 15 is 0 Å². The molecule has 14 heavy (non-hydrogen) atoms. The summed E-state index contributed by atoms with van der Waals surface area (Å²) in [5.41, 5.74) is 5.04. The fraction of sp³-hybridized carbons (Fsp3) is 0.455. The van der Waals surface area contributed by atoms with Crippen molar-refractivity contribution in [2.45, 2.75) is 26.9 Å². The van der Waals surface area contributed by atoms with Crippen molar-refractivity contribution >= 4 is 0 Å². The summed E-state index contributed by atoms with van der Waals surface area (Å²) >= 11 is 0. The van der Waals surface area contributed by atoms with Crippen LogP contribution in [0.2, 0.25) is 0 Å². The van der Waals surface area contributed by atoms with Crippen LogP contribution in [0.3, 0.4) is 0 Å². The number of hydrogen-bond acceptors (Lipinski definition) is 3. The normalized spacial score (nSPS) is 12.6. The molecule has 1 aromatic carbocycles. The SMILES string of the molecule is Cc1cc(C)cc(ONCC(C)O)c1. The highest BCUT2D eigenvalue weighted by Crippen LogP contribution is 2.14. The van der Waals surface area contributed by atoms with Gasteiger partial charge in [0.1, 0.15) is 5.75 Å². The highest BCUT2D eigenvalue weighted by Gasteiger charge is 1.98. The Hall–Kier alpha value is -1.06. The lowest BCUT2D eigenvalue weighted by Crippen LogP contribution is -2.27. The third kappa shape index (κ3) is 3.77. The van der Waals surface area contributed by atoms with Crippen LogP contribution in [0, 0.1) is 13.8 Å². The third-order valence-corrected chi connectivity index (χ3v) is 1.76. The van der Waals surface area contributed by atoms with Crippen LogP contribution in [0.25, 0.3) is 0 Å². The van der Waals surface area contributed by atoms with E-state index < -0.39 is 6.10 Å². The van der Waals surface area contributed by atoms with E-state index in [4.69, 9.17) is 9.94 Å². The van der Waals surface area contributed by atoms with Crippen molar-refractivity contribution < 1.29 is 9.94 Å². The van der Waals surface area contributed by atoms with Crippen molar-refractivity contribution in [1.82, 2.24) is 5.48 Å². The van der Waals surface area contributed by atoms with Gasteiger partial charge in [-0.1, -0.05) is 6.07 Å². The van der Waals surface area contributed by atoms with Crippen molar-refractivity contribution in [3.8, 4) is 5.75 Å². The lowest BCUT2D eigenvalue weighted by molar-refractivity contribution is 0.119. The van der Waals surface area contributed by atoms with E-state index in [9.17, 15) is 0 Å². The second-order valence-corrected chi connectivity index (χ2v) is 3.62. The summed E-state index contributed by atoms with van der Waals surface area (Å²) in [5.74, 6) is 0.781. The molecule has 0 fully saturated rings. The lowest BCUT2D eigenvalue weighted by atomic mass is 10.1. The Kier molecular flexibility index (Phi) is 3.92. The fourth-order valence-electron chi connectivity index (χ4n) is 1.24. The van der Waals surface area contributed by atoms with Crippen LogP contribution in [0.1, 0.15) is 18.1 Å². The molecular formula is C11H17NO2. The second kappa shape index (κ2) is 4.98. The average Bonchev–Trinajstić information content (AvgIpc) is 2.01. The van der Waals surface area contributed by atoms with Crippen molar-refractivity contribution in [3.05, 3.63) is 29.3 Å². The molecule has 0 aliphatic carbocycles. The van der Waals surface area contributed by atoms with Crippen LogP contribution in [-0.2, 0) is 0 Å². The van der Waals surface area contributed by atoms with Crippen LogP contribution < -0.4 is 10.3 Å². The monoisotopic (exact) mass is 195 g/mol. The van der Waals surface area contributed by atoms with E-state index in [-0.39, 0.29) is 0 Å². The van der Waals surface area contributed by atoms with Gasteiger partial charge in [-0.3, -0.25) is 0 Å². The Morgan fingerprint density at radius 2 is 1.86 bits per heavy atom. The summed E-state index contributed by atoms with van der Waals surface area (Å²) in [4.78, 5) is 5.27. The molecule has 0 radical (unpaired) electrons. The molecule has 0 aliphatic rings. The molecule has 78 valence electrons. The molecule has 0 heterocycles. The van der Waals surface area contributed by atoms with E-state index in [1.165, 1.54) is 11.1 Å². The molecule has 3 heteroatoms. The van der Waals surface area contributed by atoms with Crippen LogP contribution in [-0.4, -0.2) is 17.8 Å². The van der Waals surface area contributed by atoms with Gasteiger partial charge in [-0.15, -0.1) is 0 Å². The van der Waals surface area contributed by atoms with Gasteiger partial charge in [0, 0.05) is 0 Å². The first-order chi connectivity index (χ1) is 6.58. The van der Waals surface area contributed by atoms with E-state index in [2.05, 4.69) is 11.5 Å². The number of hydroxylamine groups is 1. The first-order valence-corrected chi connectivity index (χ1v) is 4.74. The summed E-state index contributed by atoms with van der Waals surface area (Å²) < 4.78 is 0. The van der Waals surface area contributed by atoms with Crippen LogP contribution in [0.5, 0.6) is 5.75 Å². The van der Waals surface area contributed by atoms with Gasteiger partial charge >= 0.3 is 0 Å². The van der Waals surface area contributed by atoms with Gasteiger partial charge in [-0.2, -0.15) is 5.48 Å². The zero-order valence-electron chi connectivity index (χ0n) is 8.87. The molecule has 0 bridgehead atoms. The Morgan fingerprint density at radius 3 is 2.36 bits per heavy atom. The maximum atomic E-state index is 9.00. The van der Waals surface area contributed by atoms with Gasteiger partial charge in [0.25, 0.3) is 0 Å². The largest absolute Gasteiger partial charge is 0.409 e. The molecule has 0 amide bonds. The number of aliphatic hydroxyl groups excluding tert-OH is 1. The quantitative estimate of drug-likeness (QED) is 0.716. The average molecular weight is 195 g/mol. The zero-order valence-corrected chi connectivity index (χ0v) is 8.87. The van der Waals surface area contributed by atoms with Gasteiger partial charge in [-0.25, -0.2) is 0 Å². The molecule has 0 aromatic heterocycles. The van der Waals surface area contributed by atoms with Gasteiger partial charge < -0.3 is 9.94 Å². The molecule has 1 rings (SSSR count). The third-order valence-electron chi connectivity index (χ3n) is 1.76. The van der Waals surface area contributed by atoms with Crippen LogP contribution >= 0.6 is 0 Å². The topological polar surface area (TPSA) is 41.5 Å². The minimum Gasteiger partial charge on any atom is -0.409 e. The van der Waals surface area contributed by atoms with Gasteiger partial charge in [0.2, 0.25) is 0 Å². The molecule has 2 N–H and O–H groups in total. The molecule has 0 aliphatic heterocycles. The first-order valence-electron chi connectivity index (χ1n) is 4.74. The number of nitrogens with one attached hydrogen (secondary N) is 1. The van der Waals surface area contributed by atoms with Crippen molar-refractivity contribution in [2.75, 3.05) is 6.54 Å². The van der Waals surface area contributed by atoms with Gasteiger partial charge in [0.05, 0.1) is 12.6 Å². The fourth-order valence-corrected chi connectivity index (χ4v) is 1.24. The molecule has 1 unspecified atom stereocenters. The standard InChI is InChI=1S/C11H17NO2/c1-8-4-9(2)6-11(5-8)14-12-7-10(3)13/h4-6,10,12-13H,7H2,1-3H3.